The Morgan fingerprint density at radius 2 is 1.71 bits per heavy atom. The van der Waals surface area contributed by atoms with Crippen molar-refractivity contribution in [2.45, 2.75) is 0 Å². The highest BCUT2D eigenvalue weighted by atomic mass is 19.1. The third-order valence-corrected chi connectivity index (χ3v) is 4.28. The van der Waals surface area contributed by atoms with E-state index in [0.29, 0.717) is 27.9 Å². The lowest BCUT2D eigenvalue weighted by Crippen LogP contribution is -2.14. The number of hydrogen-bond donors (Lipinski definition) is 1. The van der Waals surface area contributed by atoms with Gasteiger partial charge in [-0.2, -0.15) is 0 Å². The highest BCUT2D eigenvalue weighted by Gasteiger charge is 2.14. The standard InChI is InChI=1S/C22H16FN3O2/c1-28-17-10-7-15(8-11-17)21(27)26-22-24-19-12-9-16(23)13-18(19)20(25-22)14-5-3-2-4-6-14/h2-13H,1H3,(H,24,25,26,27). The highest BCUT2D eigenvalue weighted by molar-refractivity contribution is 6.04. The van der Waals surface area contributed by atoms with Crippen LogP contribution in [-0.4, -0.2) is 23.0 Å². The Labute approximate surface area is 160 Å². The summed E-state index contributed by atoms with van der Waals surface area (Å²) in [5, 5.41) is 3.29. The van der Waals surface area contributed by atoms with Crippen LogP contribution in [0.1, 0.15) is 10.4 Å². The Kier molecular flexibility index (Phi) is 4.68. The fraction of sp³-hybridized carbons (Fsp3) is 0.0455. The molecule has 0 radical (unpaired) electrons. The molecule has 3 aromatic carbocycles. The van der Waals surface area contributed by atoms with E-state index in [0.717, 1.165) is 5.56 Å². The van der Waals surface area contributed by atoms with Crippen LogP contribution in [0.15, 0.2) is 72.8 Å². The molecule has 0 aliphatic heterocycles. The van der Waals surface area contributed by atoms with Crippen LogP contribution in [0.2, 0.25) is 0 Å². The van der Waals surface area contributed by atoms with Gasteiger partial charge in [-0.25, -0.2) is 14.4 Å². The number of rotatable bonds is 4. The molecular formula is C22H16FN3O2. The second kappa shape index (κ2) is 7.44. The Morgan fingerprint density at radius 3 is 2.43 bits per heavy atom. The summed E-state index contributed by atoms with van der Waals surface area (Å²) >= 11 is 0. The first-order valence-corrected chi connectivity index (χ1v) is 8.62. The topological polar surface area (TPSA) is 64.1 Å². The zero-order valence-corrected chi connectivity index (χ0v) is 15.0. The number of methoxy groups -OCH3 is 1. The number of anilines is 1. The number of halogens is 1. The Morgan fingerprint density at radius 1 is 0.964 bits per heavy atom. The van der Waals surface area contributed by atoms with Crippen LogP contribution in [0.4, 0.5) is 10.3 Å². The summed E-state index contributed by atoms with van der Waals surface area (Å²) in [6.07, 6.45) is 0. The number of nitrogens with zero attached hydrogens (tertiary/aromatic N) is 2. The van der Waals surface area contributed by atoms with Crippen LogP contribution in [0, 0.1) is 5.82 Å². The van der Waals surface area contributed by atoms with Crippen LogP contribution in [-0.2, 0) is 0 Å². The van der Waals surface area contributed by atoms with Crippen molar-refractivity contribution in [2.75, 3.05) is 12.4 Å². The molecule has 6 heteroatoms. The summed E-state index contributed by atoms with van der Waals surface area (Å²) in [4.78, 5) is 21.4. The molecule has 1 aromatic heterocycles. The third kappa shape index (κ3) is 3.53. The average Bonchev–Trinajstić information content (AvgIpc) is 2.74. The van der Waals surface area contributed by atoms with Crippen molar-refractivity contribution < 1.29 is 13.9 Å². The van der Waals surface area contributed by atoms with Crippen molar-refractivity contribution >= 4 is 22.8 Å². The van der Waals surface area contributed by atoms with Gasteiger partial charge in [-0.1, -0.05) is 30.3 Å². The average molecular weight is 373 g/mol. The predicted molar refractivity (Wildman–Crippen MR) is 106 cm³/mol. The molecule has 138 valence electrons. The second-order valence-corrected chi connectivity index (χ2v) is 6.11. The van der Waals surface area contributed by atoms with Gasteiger partial charge >= 0.3 is 0 Å². The van der Waals surface area contributed by atoms with Gasteiger partial charge in [-0.3, -0.25) is 10.1 Å². The number of hydrogen-bond acceptors (Lipinski definition) is 4. The van der Waals surface area contributed by atoms with Crippen molar-refractivity contribution in [3.63, 3.8) is 0 Å². The monoisotopic (exact) mass is 373 g/mol. The number of nitrogens with one attached hydrogen (secondary N) is 1. The summed E-state index contributed by atoms with van der Waals surface area (Å²) in [5.74, 6) is 0.0945. The van der Waals surface area contributed by atoms with Gasteiger partial charge in [0.1, 0.15) is 11.6 Å². The van der Waals surface area contributed by atoms with Gasteiger partial charge in [-0.15, -0.1) is 0 Å². The molecule has 0 bridgehead atoms. The molecule has 0 unspecified atom stereocenters. The quantitative estimate of drug-likeness (QED) is 0.563. The number of aromatic nitrogens is 2. The van der Waals surface area contributed by atoms with E-state index >= 15 is 0 Å². The van der Waals surface area contributed by atoms with E-state index in [2.05, 4.69) is 15.3 Å². The minimum absolute atomic E-state index is 0.152. The third-order valence-electron chi connectivity index (χ3n) is 4.28. The number of benzene rings is 3. The molecule has 0 fully saturated rings. The Hall–Kier alpha value is -3.80. The minimum atomic E-state index is -0.372. The lowest BCUT2D eigenvalue weighted by molar-refractivity contribution is 0.102. The van der Waals surface area contributed by atoms with Gasteiger partial charge in [0.25, 0.3) is 5.91 Å². The number of fused-ring (bicyclic) bond motifs is 1. The molecule has 4 rings (SSSR count). The molecule has 0 spiro atoms. The van der Waals surface area contributed by atoms with Crippen molar-refractivity contribution in [3.8, 4) is 17.0 Å². The first-order valence-electron chi connectivity index (χ1n) is 8.62. The van der Waals surface area contributed by atoms with Crippen LogP contribution in [0.25, 0.3) is 22.2 Å². The number of carbonyl (C=O) groups excluding carboxylic acids is 1. The fourth-order valence-electron chi connectivity index (χ4n) is 2.89. The molecule has 4 aromatic rings. The Bertz CT molecular complexity index is 1150. The lowest BCUT2D eigenvalue weighted by atomic mass is 10.1. The zero-order chi connectivity index (χ0) is 19.5. The van der Waals surface area contributed by atoms with Crippen LogP contribution >= 0.6 is 0 Å². The van der Waals surface area contributed by atoms with Gasteiger partial charge in [0, 0.05) is 16.5 Å². The van der Waals surface area contributed by atoms with E-state index in [1.54, 1.807) is 37.4 Å². The molecule has 0 saturated carbocycles. The maximum absolute atomic E-state index is 13.8. The fourth-order valence-corrected chi connectivity index (χ4v) is 2.89. The van der Waals surface area contributed by atoms with Crippen LogP contribution in [0.3, 0.4) is 0 Å². The van der Waals surface area contributed by atoms with Crippen molar-refractivity contribution in [1.29, 1.82) is 0 Å². The minimum Gasteiger partial charge on any atom is -0.497 e. The first-order chi connectivity index (χ1) is 13.6. The normalized spacial score (nSPS) is 10.6. The largest absolute Gasteiger partial charge is 0.497 e. The molecule has 1 heterocycles. The van der Waals surface area contributed by atoms with Crippen molar-refractivity contribution in [3.05, 3.63) is 84.2 Å². The molecule has 0 atom stereocenters. The molecule has 0 saturated heterocycles. The van der Waals surface area contributed by atoms with Gasteiger partial charge in [-0.05, 0) is 42.5 Å². The summed E-state index contributed by atoms with van der Waals surface area (Å²) in [5.41, 5.74) is 2.35. The van der Waals surface area contributed by atoms with E-state index in [1.165, 1.54) is 12.1 Å². The first kappa shape index (κ1) is 17.6. The van der Waals surface area contributed by atoms with E-state index in [1.807, 2.05) is 30.3 Å². The predicted octanol–water partition coefficient (Wildman–Crippen LogP) is 4.70. The maximum Gasteiger partial charge on any atom is 0.258 e. The second-order valence-electron chi connectivity index (χ2n) is 6.11. The number of carbonyl (C=O) groups is 1. The smallest absolute Gasteiger partial charge is 0.258 e. The van der Waals surface area contributed by atoms with E-state index in [4.69, 9.17) is 4.74 Å². The summed E-state index contributed by atoms with van der Waals surface area (Å²) in [6, 6.07) is 20.4. The van der Waals surface area contributed by atoms with Gasteiger partial charge in [0.15, 0.2) is 0 Å². The van der Waals surface area contributed by atoms with Crippen molar-refractivity contribution in [2.24, 2.45) is 0 Å². The highest BCUT2D eigenvalue weighted by Crippen LogP contribution is 2.28. The molecule has 1 amide bonds. The van der Waals surface area contributed by atoms with Gasteiger partial charge in [0.05, 0.1) is 18.3 Å². The number of amides is 1. The molecule has 28 heavy (non-hydrogen) atoms. The lowest BCUT2D eigenvalue weighted by Gasteiger charge is -2.10. The maximum atomic E-state index is 13.8. The van der Waals surface area contributed by atoms with Crippen molar-refractivity contribution in [1.82, 2.24) is 9.97 Å². The Balaban J connectivity index is 1.75. The summed E-state index contributed by atoms with van der Waals surface area (Å²) < 4.78 is 18.9. The van der Waals surface area contributed by atoms with Gasteiger partial charge in [0.2, 0.25) is 5.95 Å². The SMILES string of the molecule is COc1ccc(C(=O)Nc2nc(-c3ccccc3)c3cc(F)ccc3n2)cc1. The summed E-state index contributed by atoms with van der Waals surface area (Å²) in [6.45, 7) is 0. The molecule has 5 nitrogen and oxygen atoms in total. The molecular weight excluding hydrogens is 357 g/mol. The zero-order valence-electron chi connectivity index (χ0n) is 15.0. The number of ether oxygens (including phenoxy) is 1. The van der Waals surface area contributed by atoms with E-state index in [9.17, 15) is 9.18 Å². The van der Waals surface area contributed by atoms with Crippen LogP contribution < -0.4 is 10.1 Å². The van der Waals surface area contributed by atoms with E-state index in [-0.39, 0.29) is 17.7 Å². The summed E-state index contributed by atoms with van der Waals surface area (Å²) in [7, 11) is 1.56. The molecule has 0 aliphatic carbocycles. The molecule has 0 aliphatic rings. The van der Waals surface area contributed by atoms with Gasteiger partial charge < -0.3 is 4.74 Å². The van der Waals surface area contributed by atoms with Crippen LogP contribution in [0.5, 0.6) is 5.75 Å². The van der Waals surface area contributed by atoms with E-state index < -0.39 is 0 Å². The molecule has 1 N–H and O–H groups in total.